The fourth-order valence-electron chi connectivity index (χ4n) is 3.00. The van der Waals surface area contributed by atoms with E-state index in [0.717, 1.165) is 13.1 Å². The Bertz CT molecular complexity index is 705. The minimum atomic E-state index is -0.729. The number of carbonyl (C=O) groups excluding carboxylic acids is 1. The van der Waals surface area contributed by atoms with E-state index in [2.05, 4.69) is 15.7 Å². The van der Waals surface area contributed by atoms with Gasteiger partial charge in [0.2, 0.25) is 0 Å². The lowest BCUT2D eigenvalue weighted by atomic mass is 9.87. The number of carbonyl (C=O) groups is 1. The first-order valence-electron chi connectivity index (χ1n) is 7.62. The summed E-state index contributed by atoms with van der Waals surface area (Å²) >= 11 is 12.3. The average Bonchev–Trinajstić information content (AvgIpc) is 3.10. The zero-order valence-electron chi connectivity index (χ0n) is 13.2. The second kappa shape index (κ2) is 7.01. The van der Waals surface area contributed by atoms with Gasteiger partial charge in [-0.15, -0.1) is 0 Å². The van der Waals surface area contributed by atoms with Crippen LogP contribution in [-0.4, -0.2) is 35.9 Å². The van der Waals surface area contributed by atoms with Gasteiger partial charge in [0.05, 0.1) is 17.2 Å². The lowest BCUT2D eigenvalue weighted by Crippen LogP contribution is -2.52. The molecule has 1 aliphatic rings. The number of rotatable bonds is 4. The Kier molecular flexibility index (Phi) is 4.99. The molecule has 1 fully saturated rings. The van der Waals surface area contributed by atoms with Crippen LogP contribution in [0.25, 0.3) is 0 Å². The first-order valence-corrected chi connectivity index (χ1v) is 8.38. The SMILES string of the molecule is COc1c(Cl)cc(NC(=O)C2(n3cccn3)CCNCC2)cc1Cl. The number of piperidine rings is 1. The topological polar surface area (TPSA) is 68.2 Å². The van der Waals surface area contributed by atoms with Gasteiger partial charge in [-0.25, -0.2) is 0 Å². The van der Waals surface area contributed by atoms with Crippen LogP contribution in [0.5, 0.6) is 5.75 Å². The molecule has 1 aromatic heterocycles. The maximum Gasteiger partial charge on any atom is 0.252 e. The van der Waals surface area contributed by atoms with Crippen LogP contribution in [0.1, 0.15) is 12.8 Å². The predicted molar refractivity (Wildman–Crippen MR) is 93.9 cm³/mol. The highest BCUT2D eigenvalue weighted by Crippen LogP contribution is 2.36. The maximum atomic E-state index is 13.0. The van der Waals surface area contributed by atoms with Crippen LogP contribution in [0.4, 0.5) is 5.69 Å². The molecule has 6 nitrogen and oxygen atoms in total. The number of methoxy groups -OCH3 is 1. The molecule has 0 unspecified atom stereocenters. The number of hydrogen-bond acceptors (Lipinski definition) is 4. The van der Waals surface area contributed by atoms with E-state index in [9.17, 15) is 4.79 Å². The van der Waals surface area contributed by atoms with Gasteiger partial charge in [-0.05, 0) is 44.1 Å². The van der Waals surface area contributed by atoms with Crippen LogP contribution in [0.3, 0.4) is 0 Å². The molecular weight excluding hydrogens is 351 g/mol. The molecule has 2 aromatic rings. The van der Waals surface area contributed by atoms with Gasteiger partial charge in [-0.2, -0.15) is 5.10 Å². The molecule has 128 valence electrons. The van der Waals surface area contributed by atoms with Crippen LogP contribution in [0.15, 0.2) is 30.6 Å². The number of ether oxygens (including phenoxy) is 1. The molecule has 3 rings (SSSR count). The molecule has 24 heavy (non-hydrogen) atoms. The van der Waals surface area contributed by atoms with E-state index < -0.39 is 5.54 Å². The molecule has 0 saturated carbocycles. The zero-order valence-corrected chi connectivity index (χ0v) is 14.7. The minimum absolute atomic E-state index is 0.134. The summed E-state index contributed by atoms with van der Waals surface area (Å²) in [5, 5.41) is 11.2. The van der Waals surface area contributed by atoms with Gasteiger partial charge in [-0.1, -0.05) is 23.2 Å². The van der Waals surface area contributed by atoms with E-state index in [0.29, 0.717) is 34.3 Å². The highest BCUT2D eigenvalue weighted by molar-refractivity contribution is 6.37. The summed E-state index contributed by atoms with van der Waals surface area (Å²) in [6, 6.07) is 5.07. The highest BCUT2D eigenvalue weighted by Gasteiger charge is 2.42. The van der Waals surface area contributed by atoms with Gasteiger partial charge in [0, 0.05) is 18.1 Å². The Morgan fingerprint density at radius 3 is 2.54 bits per heavy atom. The summed E-state index contributed by atoms with van der Waals surface area (Å²) in [5.74, 6) is 0.255. The molecule has 1 aromatic carbocycles. The van der Waals surface area contributed by atoms with Crippen molar-refractivity contribution in [1.82, 2.24) is 15.1 Å². The van der Waals surface area contributed by atoms with Crippen molar-refractivity contribution in [2.45, 2.75) is 18.4 Å². The molecule has 1 aliphatic heterocycles. The third-order valence-electron chi connectivity index (χ3n) is 4.26. The van der Waals surface area contributed by atoms with Crippen LogP contribution in [0, 0.1) is 0 Å². The van der Waals surface area contributed by atoms with Crippen molar-refractivity contribution in [3.05, 3.63) is 40.6 Å². The summed E-state index contributed by atoms with van der Waals surface area (Å²) < 4.78 is 6.86. The molecule has 2 heterocycles. The Morgan fingerprint density at radius 2 is 2.00 bits per heavy atom. The monoisotopic (exact) mass is 368 g/mol. The van der Waals surface area contributed by atoms with Crippen molar-refractivity contribution in [2.24, 2.45) is 0 Å². The average molecular weight is 369 g/mol. The largest absolute Gasteiger partial charge is 0.494 e. The number of halogens is 2. The van der Waals surface area contributed by atoms with Crippen LogP contribution < -0.4 is 15.4 Å². The first kappa shape index (κ1) is 17.1. The number of hydrogen-bond donors (Lipinski definition) is 2. The van der Waals surface area contributed by atoms with Crippen LogP contribution >= 0.6 is 23.2 Å². The van der Waals surface area contributed by atoms with Crippen molar-refractivity contribution in [2.75, 3.05) is 25.5 Å². The predicted octanol–water partition coefficient (Wildman–Crippen LogP) is 2.92. The van der Waals surface area contributed by atoms with Gasteiger partial charge in [0.1, 0.15) is 5.54 Å². The molecule has 0 aliphatic carbocycles. The van der Waals surface area contributed by atoms with Crippen molar-refractivity contribution in [1.29, 1.82) is 0 Å². The molecular formula is C16H18Cl2N4O2. The molecule has 1 saturated heterocycles. The number of nitrogens with one attached hydrogen (secondary N) is 2. The molecule has 2 N–H and O–H groups in total. The van der Waals surface area contributed by atoms with Crippen LogP contribution in [0.2, 0.25) is 10.0 Å². The second-order valence-electron chi connectivity index (χ2n) is 5.66. The van der Waals surface area contributed by atoms with Gasteiger partial charge in [-0.3, -0.25) is 9.48 Å². The molecule has 0 atom stereocenters. The summed E-state index contributed by atoms with van der Waals surface area (Å²) in [6.45, 7) is 1.49. The molecule has 0 spiro atoms. The van der Waals surface area contributed by atoms with Crippen molar-refractivity contribution >= 4 is 34.8 Å². The summed E-state index contributed by atoms with van der Waals surface area (Å²) in [6.07, 6.45) is 4.80. The molecule has 8 heteroatoms. The number of aromatic nitrogens is 2. The maximum absolute atomic E-state index is 13.0. The van der Waals surface area contributed by atoms with E-state index in [1.54, 1.807) is 23.0 Å². The molecule has 0 bridgehead atoms. The lowest BCUT2D eigenvalue weighted by Gasteiger charge is -2.36. The minimum Gasteiger partial charge on any atom is -0.494 e. The van der Waals surface area contributed by atoms with Crippen LogP contribution in [-0.2, 0) is 10.3 Å². The van der Waals surface area contributed by atoms with E-state index in [4.69, 9.17) is 27.9 Å². The Labute approximate surface area is 150 Å². The van der Waals surface area contributed by atoms with E-state index in [1.165, 1.54) is 7.11 Å². The van der Waals surface area contributed by atoms with E-state index in [1.807, 2.05) is 12.3 Å². The first-order chi connectivity index (χ1) is 11.6. The Balaban J connectivity index is 1.90. The smallest absolute Gasteiger partial charge is 0.252 e. The standard InChI is InChI=1S/C16H18Cl2N4O2/c1-24-14-12(17)9-11(10-13(14)18)21-15(23)16(3-6-19-7-4-16)22-8-2-5-20-22/h2,5,8-10,19H,3-4,6-7H2,1H3,(H,21,23). The van der Waals surface area contributed by atoms with E-state index >= 15 is 0 Å². The van der Waals surface area contributed by atoms with Gasteiger partial charge in [0.15, 0.2) is 5.75 Å². The van der Waals surface area contributed by atoms with Crippen molar-refractivity contribution in [3.63, 3.8) is 0 Å². The molecule has 0 radical (unpaired) electrons. The van der Waals surface area contributed by atoms with E-state index in [-0.39, 0.29) is 5.91 Å². The molecule has 1 amide bonds. The highest BCUT2D eigenvalue weighted by atomic mass is 35.5. The summed E-state index contributed by atoms with van der Waals surface area (Å²) in [4.78, 5) is 13.0. The Hall–Kier alpha value is -1.76. The van der Waals surface area contributed by atoms with Gasteiger partial charge in [0.25, 0.3) is 5.91 Å². The van der Waals surface area contributed by atoms with Crippen molar-refractivity contribution < 1.29 is 9.53 Å². The lowest BCUT2D eigenvalue weighted by molar-refractivity contribution is -0.126. The van der Waals surface area contributed by atoms with Crippen molar-refractivity contribution in [3.8, 4) is 5.75 Å². The number of nitrogens with zero attached hydrogens (tertiary/aromatic N) is 2. The normalized spacial score (nSPS) is 16.6. The Morgan fingerprint density at radius 1 is 1.33 bits per heavy atom. The number of anilines is 1. The number of benzene rings is 1. The second-order valence-corrected chi connectivity index (χ2v) is 6.47. The zero-order chi connectivity index (χ0) is 17.2. The fourth-order valence-corrected chi connectivity index (χ4v) is 3.64. The third kappa shape index (κ3) is 3.09. The number of amides is 1. The third-order valence-corrected chi connectivity index (χ3v) is 4.82. The van der Waals surface area contributed by atoms with Gasteiger partial charge < -0.3 is 15.4 Å². The van der Waals surface area contributed by atoms with Gasteiger partial charge >= 0.3 is 0 Å². The quantitative estimate of drug-likeness (QED) is 0.870. The summed E-state index contributed by atoms with van der Waals surface area (Å²) in [7, 11) is 1.49. The summed E-state index contributed by atoms with van der Waals surface area (Å²) in [5.41, 5.74) is -0.200. The fraction of sp³-hybridized carbons (Fsp3) is 0.375.